The van der Waals surface area contributed by atoms with Crippen molar-refractivity contribution < 1.29 is 39.0 Å². The van der Waals surface area contributed by atoms with E-state index in [0.29, 0.717) is 11.3 Å². The van der Waals surface area contributed by atoms with Gasteiger partial charge >= 0.3 is 5.97 Å². The average Bonchev–Trinajstić information content (AvgIpc) is 3.91. The summed E-state index contributed by atoms with van der Waals surface area (Å²) in [5.41, 5.74) is 3.66. The van der Waals surface area contributed by atoms with E-state index < -0.39 is 64.8 Å². The van der Waals surface area contributed by atoms with Crippen LogP contribution in [0.3, 0.4) is 0 Å². The minimum absolute atomic E-state index is 0.0478. The molecule has 2 aromatic rings. The third-order valence-electron chi connectivity index (χ3n) is 11.2. The molecule has 3 aliphatic carbocycles. The molecule has 57 heavy (non-hydrogen) atoms. The Labute approximate surface area is 338 Å². The van der Waals surface area contributed by atoms with Crippen LogP contribution in [0.5, 0.6) is 0 Å². The maximum Gasteiger partial charge on any atom is 0.326 e. The first-order chi connectivity index (χ1) is 26.9. The lowest BCUT2D eigenvalue weighted by molar-refractivity contribution is -0.142. The molecule has 0 aliphatic heterocycles. The highest BCUT2D eigenvalue weighted by Crippen LogP contribution is 2.65. The van der Waals surface area contributed by atoms with Gasteiger partial charge in [-0.1, -0.05) is 80.1 Å². The van der Waals surface area contributed by atoms with Gasteiger partial charge in [0.05, 0.1) is 0 Å². The number of fused-ring (bicyclic) bond motifs is 1. The standard InChI is InChI=1S/C44H54N4O8S/c1-25(2)19-33(39(51)48-35(42(54)55)22-30-15-11-8-12-16-30)46-40(52)34(21-29-13-9-7-10-14-29)47-41(53)36(45-28(5)49)24-57-23-32-26(3)20-31-37(32)27(4)44(17-18-44)43(6,56)38(31)50/h7-16,20,25,33-36,56H,17-19,21-24H2,1-6H3,(H,45,49)(H,46,52)(H,47,53)(H,48,51)(H,54,55)/t33-,34-,35-,36+,43-/m0/s1. The molecule has 0 heterocycles. The number of amides is 4. The van der Waals surface area contributed by atoms with E-state index in [4.69, 9.17) is 0 Å². The molecule has 304 valence electrons. The summed E-state index contributed by atoms with van der Waals surface area (Å²) in [5.74, 6) is -3.30. The van der Waals surface area contributed by atoms with E-state index in [1.807, 2.05) is 58.0 Å². The molecule has 0 aromatic heterocycles. The molecule has 0 unspecified atom stereocenters. The van der Waals surface area contributed by atoms with Crippen molar-refractivity contribution >= 4 is 47.1 Å². The second-order valence-electron chi connectivity index (χ2n) is 16.0. The van der Waals surface area contributed by atoms with E-state index in [0.717, 1.165) is 46.3 Å². The number of aliphatic carboxylic acids is 1. The first kappa shape index (κ1) is 43.1. The zero-order valence-electron chi connectivity index (χ0n) is 33.4. The van der Waals surface area contributed by atoms with E-state index >= 15 is 0 Å². The van der Waals surface area contributed by atoms with Crippen LogP contribution in [0.15, 0.2) is 94.6 Å². The van der Waals surface area contributed by atoms with E-state index in [1.54, 1.807) is 43.3 Å². The van der Waals surface area contributed by atoms with E-state index in [-0.39, 0.29) is 36.7 Å². The van der Waals surface area contributed by atoms with Crippen LogP contribution in [-0.2, 0) is 41.6 Å². The first-order valence-corrected chi connectivity index (χ1v) is 20.6. The Morgan fingerprint density at radius 3 is 1.81 bits per heavy atom. The molecule has 13 heteroatoms. The number of ketones is 1. The van der Waals surface area contributed by atoms with Gasteiger partial charge in [0.1, 0.15) is 29.8 Å². The van der Waals surface area contributed by atoms with E-state index in [9.17, 15) is 39.0 Å². The van der Waals surface area contributed by atoms with Gasteiger partial charge < -0.3 is 31.5 Å². The molecule has 3 aliphatic rings. The smallest absolute Gasteiger partial charge is 0.326 e. The predicted molar refractivity (Wildman–Crippen MR) is 219 cm³/mol. The lowest BCUT2D eigenvalue weighted by atomic mass is 9.67. The summed E-state index contributed by atoms with van der Waals surface area (Å²) < 4.78 is 0. The molecule has 0 radical (unpaired) electrons. The average molecular weight is 799 g/mol. The van der Waals surface area contributed by atoms with Gasteiger partial charge in [-0.25, -0.2) is 4.79 Å². The number of hydrogen-bond acceptors (Lipinski definition) is 8. The molecule has 1 saturated carbocycles. The molecular formula is C44H54N4O8S. The van der Waals surface area contributed by atoms with Crippen LogP contribution >= 0.6 is 11.8 Å². The van der Waals surface area contributed by atoms with Crippen molar-refractivity contribution in [3.8, 4) is 0 Å². The number of benzene rings is 2. The quantitative estimate of drug-likeness (QED) is 0.130. The number of rotatable bonds is 18. The van der Waals surface area contributed by atoms with Crippen molar-refractivity contribution in [3.05, 3.63) is 106 Å². The number of aliphatic hydroxyl groups is 1. The second-order valence-corrected chi connectivity index (χ2v) is 17.0. The van der Waals surface area contributed by atoms with Crippen molar-refractivity contribution in [1.29, 1.82) is 0 Å². The first-order valence-electron chi connectivity index (χ1n) is 19.4. The molecule has 0 bridgehead atoms. The van der Waals surface area contributed by atoms with Crippen LogP contribution in [0.25, 0.3) is 0 Å². The minimum Gasteiger partial charge on any atom is -0.480 e. The zero-order valence-corrected chi connectivity index (χ0v) is 34.3. The largest absolute Gasteiger partial charge is 0.480 e. The van der Waals surface area contributed by atoms with Crippen LogP contribution in [0.1, 0.15) is 71.9 Å². The van der Waals surface area contributed by atoms with Crippen molar-refractivity contribution in [2.75, 3.05) is 11.5 Å². The number of carbonyl (C=O) groups is 6. The van der Waals surface area contributed by atoms with Crippen molar-refractivity contribution in [3.63, 3.8) is 0 Å². The molecule has 5 rings (SSSR count). The Bertz CT molecular complexity index is 1980. The third kappa shape index (κ3) is 9.93. The number of carboxylic acid groups (broad SMARTS) is 1. The summed E-state index contributed by atoms with van der Waals surface area (Å²) in [6, 6.07) is 13.4. The summed E-state index contributed by atoms with van der Waals surface area (Å²) in [6.45, 7) is 10.6. The number of thioether (sulfide) groups is 1. The third-order valence-corrected chi connectivity index (χ3v) is 12.3. The van der Waals surface area contributed by atoms with Gasteiger partial charge in [0.25, 0.3) is 0 Å². The lowest BCUT2D eigenvalue weighted by Crippen LogP contribution is -2.58. The van der Waals surface area contributed by atoms with Gasteiger partial charge in [-0.3, -0.25) is 24.0 Å². The van der Waals surface area contributed by atoms with Crippen molar-refractivity contribution in [2.24, 2.45) is 11.3 Å². The number of allylic oxidation sites excluding steroid dienone is 3. The summed E-state index contributed by atoms with van der Waals surface area (Å²) in [6.07, 6.45) is 3.62. The van der Waals surface area contributed by atoms with Crippen molar-refractivity contribution in [1.82, 2.24) is 21.3 Å². The molecule has 1 spiro atoms. The van der Waals surface area contributed by atoms with Gasteiger partial charge in [0.2, 0.25) is 23.6 Å². The van der Waals surface area contributed by atoms with Gasteiger partial charge in [-0.05, 0) is 79.9 Å². The Hall–Kier alpha value is -5.01. The van der Waals surface area contributed by atoms with Crippen LogP contribution < -0.4 is 21.3 Å². The Balaban J connectivity index is 1.31. The Kier molecular flexibility index (Phi) is 13.7. The Morgan fingerprint density at radius 1 is 0.772 bits per heavy atom. The second kappa shape index (κ2) is 18.1. The molecular weight excluding hydrogens is 745 g/mol. The summed E-state index contributed by atoms with van der Waals surface area (Å²) in [4.78, 5) is 79.7. The SMILES string of the molecule is CC(=O)N[C@H](CSCC1=C(C)C=C2C(=O)[C@](C)(O)C3(CC3)C(C)=C21)C(=O)N[C@@H](Cc1ccccc1)C(=O)N[C@@H](CC(C)C)C(=O)N[C@@H](Cc1ccccc1)C(=O)O. The predicted octanol–water partition coefficient (Wildman–Crippen LogP) is 3.98. The zero-order chi connectivity index (χ0) is 41.7. The maximum absolute atomic E-state index is 14.1. The highest BCUT2D eigenvalue weighted by molar-refractivity contribution is 7.99. The maximum atomic E-state index is 14.1. The van der Waals surface area contributed by atoms with Crippen LogP contribution in [0.2, 0.25) is 0 Å². The fraction of sp³-hybridized carbons (Fsp3) is 0.455. The Morgan fingerprint density at radius 2 is 1.28 bits per heavy atom. The number of carboxylic acids is 1. The number of Topliss-reactive ketones (excluding diaryl/α,β-unsaturated/α-hetero) is 1. The van der Waals surface area contributed by atoms with Crippen LogP contribution in [-0.4, -0.2) is 86.9 Å². The van der Waals surface area contributed by atoms with E-state index in [2.05, 4.69) is 21.3 Å². The van der Waals surface area contributed by atoms with E-state index in [1.165, 1.54) is 18.7 Å². The monoisotopic (exact) mass is 798 g/mol. The number of hydrogen-bond donors (Lipinski definition) is 6. The number of carbonyl (C=O) groups excluding carboxylic acids is 5. The molecule has 0 saturated heterocycles. The van der Waals surface area contributed by atoms with Gasteiger partial charge in [0, 0.05) is 42.3 Å². The van der Waals surface area contributed by atoms with Gasteiger partial charge in [-0.2, -0.15) is 11.8 Å². The number of nitrogens with one attached hydrogen (secondary N) is 4. The summed E-state index contributed by atoms with van der Waals surface area (Å²) in [5, 5.41) is 32.1. The normalized spacial score (nSPS) is 20.3. The van der Waals surface area contributed by atoms with Gasteiger partial charge in [-0.15, -0.1) is 0 Å². The summed E-state index contributed by atoms with van der Waals surface area (Å²) in [7, 11) is 0. The minimum atomic E-state index is -1.46. The van der Waals surface area contributed by atoms with Crippen molar-refractivity contribution in [2.45, 2.75) is 103 Å². The fourth-order valence-corrected chi connectivity index (χ4v) is 9.10. The molecule has 6 N–H and O–H groups in total. The molecule has 5 atom stereocenters. The topological polar surface area (TPSA) is 191 Å². The van der Waals surface area contributed by atoms with Crippen LogP contribution in [0.4, 0.5) is 0 Å². The highest BCUT2D eigenvalue weighted by atomic mass is 32.2. The molecule has 1 fully saturated rings. The van der Waals surface area contributed by atoms with Crippen LogP contribution in [0, 0.1) is 11.3 Å². The highest BCUT2D eigenvalue weighted by Gasteiger charge is 2.65. The molecule has 4 amide bonds. The molecule has 2 aromatic carbocycles. The molecule has 12 nitrogen and oxygen atoms in total. The van der Waals surface area contributed by atoms with Gasteiger partial charge in [0.15, 0.2) is 5.78 Å². The fourth-order valence-electron chi connectivity index (χ4n) is 7.94. The summed E-state index contributed by atoms with van der Waals surface area (Å²) >= 11 is 1.41. The lowest BCUT2D eigenvalue weighted by Gasteiger charge is -2.39.